The maximum absolute atomic E-state index is 5.65. The quantitative estimate of drug-likeness (QED) is 0.604. The highest BCUT2D eigenvalue weighted by Crippen LogP contribution is 2.32. The Morgan fingerprint density at radius 3 is 2.19 bits per heavy atom. The van der Waals surface area contributed by atoms with E-state index in [1.165, 1.54) is 5.56 Å². The fourth-order valence-electron chi connectivity index (χ4n) is 1.69. The molecule has 0 radical (unpaired) electrons. The van der Waals surface area contributed by atoms with Crippen LogP contribution in [0.5, 0.6) is 0 Å². The zero-order chi connectivity index (χ0) is 12.2. The molecule has 16 heavy (non-hydrogen) atoms. The molecule has 2 unspecified atom stereocenters. The van der Waals surface area contributed by atoms with Crippen molar-refractivity contribution in [3.05, 3.63) is 35.9 Å². The number of hydrazine groups is 1. The van der Waals surface area contributed by atoms with Gasteiger partial charge in [0.2, 0.25) is 0 Å². The van der Waals surface area contributed by atoms with Crippen LogP contribution in [-0.2, 0) is 0 Å². The SMILES string of the molecule is CC(CC(NN)c1ccccc1)C(C)(C)C. The summed E-state index contributed by atoms with van der Waals surface area (Å²) in [6, 6.07) is 10.6. The smallest absolute Gasteiger partial charge is 0.0462 e. The summed E-state index contributed by atoms with van der Waals surface area (Å²) < 4.78 is 0. The molecule has 0 saturated carbocycles. The summed E-state index contributed by atoms with van der Waals surface area (Å²) in [5.74, 6) is 6.27. The standard InChI is InChI=1S/C14H24N2/c1-11(14(2,3)4)10-13(16-15)12-8-6-5-7-9-12/h5-9,11,13,16H,10,15H2,1-4H3. The van der Waals surface area contributed by atoms with Gasteiger partial charge >= 0.3 is 0 Å². The average Bonchev–Trinajstić information content (AvgIpc) is 2.25. The lowest BCUT2D eigenvalue weighted by atomic mass is 9.78. The van der Waals surface area contributed by atoms with Crippen molar-refractivity contribution in [2.75, 3.05) is 0 Å². The normalized spacial score (nSPS) is 15.8. The molecule has 3 N–H and O–H groups in total. The number of hydrogen-bond acceptors (Lipinski definition) is 2. The van der Waals surface area contributed by atoms with Crippen LogP contribution < -0.4 is 11.3 Å². The van der Waals surface area contributed by atoms with Gasteiger partial charge in [-0.1, -0.05) is 58.0 Å². The molecule has 1 aromatic rings. The van der Waals surface area contributed by atoms with Crippen molar-refractivity contribution in [3.8, 4) is 0 Å². The second-order valence-corrected chi connectivity index (χ2v) is 5.63. The lowest BCUT2D eigenvalue weighted by molar-refractivity contribution is 0.223. The van der Waals surface area contributed by atoms with Crippen LogP contribution in [0.1, 0.15) is 45.7 Å². The van der Waals surface area contributed by atoms with Crippen LogP contribution in [0.25, 0.3) is 0 Å². The Hall–Kier alpha value is -0.860. The van der Waals surface area contributed by atoms with Gasteiger partial charge in [-0.05, 0) is 23.3 Å². The van der Waals surface area contributed by atoms with E-state index in [2.05, 4.69) is 57.4 Å². The molecule has 1 aromatic carbocycles. The van der Waals surface area contributed by atoms with Gasteiger partial charge in [0.15, 0.2) is 0 Å². The first-order valence-electron chi connectivity index (χ1n) is 5.96. The van der Waals surface area contributed by atoms with Gasteiger partial charge in [0.25, 0.3) is 0 Å². The van der Waals surface area contributed by atoms with E-state index in [1.54, 1.807) is 0 Å². The van der Waals surface area contributed by atoms with Crippen LogP contribution in [0.15, 0.2) is 30.3 Å². The predicted octanol–water partition coefficient (Wildman–Crippen LogP) is 3.26. The van der Waals surface area contributed by atoms with Gasteiger partial charge in [0.1, 0.15) is 0 Å². The third-order valence-corrected chi connectivity index (χ3v) is 3.47. The summed E-state index contributed by atoms with van der Waals surface area (Å²) in [7, 11) is 0. The van der Waals surface area contributed by atoms with Crippen molar-refractivity contribution in [2.45, 2.75) is 40.2 Å². The first kappa shape index (κ1) is 13.2. The molecule has 2 nitrogen and oxygen atoms in total. The van der Waals surface area contributed by atoms with Gasteiger partial charge in [0, 0.05) is 6.04 Å². The van der Waals surface area contributed by atoms with E-state index in [4.69, 9.17) is 5.84 Å². The highest BCUT2D eigenvalue weighted by atomic mass is 15.2. The van der Waals surface area contributed by atoms with Gasteiger partial charge in [0.05, 0.1) is 0 Å². The topological polar surface area (TPSA) is 38.0 Å². The first-order chi connectivity index (χ1) is 7.45. The first-order valence-corrected chi connectivity index (χ1v) is 5.96. The number of nitrogens with two attached hydrogens (primary N) is 1. The zero-order valence-electron chi connectivity index (χ0n) is 10.8. The van der Waals surface area contributed by atoms with Crippen LogP contribution in [0.4, 0.5) is 0 Å². The molecule has 0 heterocycles. The molecule has 1 rings (SSSR count). The molecule has 0 aromatic heterocycles. The number of hydrogen-bond donors (Lipinski definition) is 2. The molecular formula is C14H24N2. The molecule has 0 saturated heterocycles. The molecule has 0 aliphatic rings. The third-order valence-electron chi connectivity index (χ3n) is 3.47. The van der Waals surface area contributed by atoms with Crippen LogP contribution in [0.3, 0.4) is 0 Å². The van der Waals surface area contributed by atoms with Crippen LogP contribution in [-0.4, -0.2) is 0 Å². The van der Waals surface area contributed by atoms with Crippen molar-refractivity contribution in [3.63, 3.8) is 0 Å². The molecule has 0 fully saturated rings. The van der Waals surface area contributed by atoms with Crippen molar-refractivity contribution in [1.82, 2.24) is 5.43 Å². The molecule has 2 atom stereocenters. The zero-order valence-corrected chi connectivity index (χ0v) is 10.8. The Bertz CT molecular complexity index is 300. The third kappa shape index (κ3) is 3.62. The average molecular weight is 220 g/mol. The lowest BCUT2D eigenvalue weighted by Crippen LogP contribution is -2.31. The highest BCUT2D eigenvalue weighted by Gasteiger charge is 2.23. The Labute approximate surface area is 99.2 Å². The molecular weight excluding hydrogens is 196 g/mol. The van der Waals surface area contributed by atoms with E-state index in [0.29, 0.717) is 11.3 Å². The fourth-order valence-corrected chi connectivity index (χ4v) is 1.69. The predicted molar refractivity (Wildman–Crippen MR) is 69.7 cm³/mol. The summed E-state index contributed by atoms with van der Waals surface area (Å²) >= 11 is 0. The van der Waals surface area contributed by atoms with Crippen molar-refractivity contribution >= 4 is 0 Å². The second-order valence-electron chi connectivity index (χ2n) is 5.63. The largest absolute Gasteiger partial charge is 0.271 e. The maximum atomic E-state index is 5.65. The van der Waals surface area contributed by atoms with Crippen molar-refractivity contribution in [2.24, 2.45) is 17.2 Å². The second kappa shape index (κ2) is 5.46. The van der Waals surface area contributed by atoms with E-state index in [-0.39, 0.29) is 6.04 Å². The van der Waals surface area contributed by atoms with Crippen LogP contribution in [0.2, 0.25) is 0 Å². The summed E-state index contributed by atoms with van der Waals surface area (Å²) in [6.07, 6.45) is 1.06. The molecule has 0 spiro atoms. The molecule has 0 aliphatic heterocycles. The van der Waals surface area contributed by atoms with E-state index in [0.717, 1.165) is 6.42 Å². The van der Waals surface area contributed by atoms with Gasteiger partial charge in [-0.25, -0.2) is 0 Å². The van der Waals surface area contributed by atoms with Gasteiger partial charge < -0.3 is 0 Å². The molecule has 2 heteroatoms. The van der Waals surface area contributed by atoms with Gasteiger partial charge in [-0.15, -0.1) is 0 Å². The highest BCUT2D eigenvalue weighted by molar-refractivity contribution is 5.18. The molecule has 0 amide bonds. The van der Waals surface area contributed by atoms with E-state index < -0.39 is 0 Å². The Kier molecular flexibility index (Phi) is 4.51. The fraction of sp³-hybridized carbons (Fsp3) is 0.571. The Balaban J connectivity index is 2.70. The van der Waals surface area contributed by atoms with Crippen molar-refractivity contribution < 1.29 is 0 Å². The van der Waals surface area contributed by atoms with Crippen molar-refractivity contribution in [1.29, 1.82) is 0 Å². The Morgan fingerprint density at radius 2 is 1.75 bits per heavy atom. The summed E-state index contributed by atoms with van der Waals surface area (Å²) in [5.41, 5.74) is 4.51. The minimum atomic E-state index is 0.246. The van der Waals surface area contributed by atoms with E-state index in [9.17, 15) is 0 Å². The van der Waals surface area contributed by atoms with Gasteiger partial charge in [-0.2, -0.15) is 0 Å². The maximum Gasteiger partial charge on any atom is 0.0462 e. The molecule has 0 aliphatic carbocycles. The van der Waals surface area contributed by atoms with E-state index >= 15 is 0 Å². The number of benzene rings is 1. The minimum absolute atomic E-state index is 0.246. The van der Waals surface area contributed by atoms with Crippen LogP contribution >= 0.6 is 0 Å². The summed E-state index contributed by atoms with van der Waals surface area (Å²) in [4.78, 5) is 0. The monoisotopic (exact) mass is 220 g/mol. The summed E-state index contributed by atoms with van der Waals surface area (Å²) in [5, 5.41) is 0. The molecule has 90 valence electrons. The Morgan fingerprint density at radius 1 is 1.19 bits per heavy atom. The summed E-state index contributed by atoms with van der Waals surface area (Å²) in [6.45, 7) is 9.11. The van der Waals surface area contributed by atoms with Crippen LogP contribution in [0, 0.1) is 11.3 Å². The lowest BCUT2D eigenvalue weighted by Gasteiger charge is -2.30. The van der Waals surface area contributed by atoms with E-state index in [1.807, 2.05) is 6.07 Å². The number of nitrogens with one attached hydrogen (secondary N) is 1. The minimum Gasteiger partial charge on any atom is -0.271 e. The van der Waals surface area contributed by atoms with Gasteiger partial charge in [-0.3, -0.25) is 11.3 Å². The number of rotatable bonds is 4. The molecule has 0 bridgehead atoms.